The van der Waals surface area contributed by atoms with E-state index < -0.39 is 0 Å². The minimum atomic E-state index is 0.587. The van der Waals surface area contributed by atoms with E-state index in [-0.39, 0.29) is 0 Å². The van der Waals surface area contributed by atoms with Crippen LogP contribution in [0.25, 0.3) is 27.8 Å². The summed E-state index contributed by atoms with van der Waals surface area (Å²) in [4.78, 5) is 4.37. The van der Waals surface area contributed by atoms with Gasteiger partial charge in [0.2, 0.25) is 0 Å². The summed E-state index contributed by atoms with van der Waals surface area (Å²) in [6.07, 6.45) is 1.74. The molecule has 0 bridgehead atoms. The largest absolute Gasteiger partial charge is 0.285 e. The second kappa shape index (κ2) is 5.43. The van der Waals surface area contributed by atoms with Crippen LogP contribution in [0.2, 0.25) is 0 Å². The maximum absolute atomic E-state index is 9.47. The second-order valence-electron chi connectivity index (χ2n) is 5.30. The van der Waals surface area contributed by atoms with Gasteiger partial charge in [0.25, 0.3) is 0 Å². The summed E-state index contributed by atoms with van der Waals surface area (Å²) >= 11 is 0. The van der Waals surface area contributed by atoms with E-state index in [1.165, 1.54) is 5.56 Å². The highest BCUT2D eigenvalue weighted by atomic mass is 15.1. The molecule has 2 aromatic carbocycles. The lowest BCUT2D eigenvalue weighted by Gasteiger charge is -2.06. The predicted molar refractivity (Wildman–Crippen MR) is 91.2 cm³/mol. The van der Waals surface area contributed by atoms with Crippen LogP contribution in [0.4, 0.5) is 0 Å². The lowest BCUT2D eigenvalue weighted by molar-refractivity contribution is 1.02. The van der Waals surface area contributed by atoms with Gasteiger partial charge in [-0.15, -0.1) is 0 Å². The molecule has 3 heteroatoms. The maximum Gasteiger partial charge on any atom is 0.138 e. The standard InChI is InChI=1S/C20H13N3/c21-14-18-13-17-12-16(15-6-2-1-3-7-15)9-10-19(17)23(18)20-8-4-5-11-22-20/h1-13H. The van der Waals surface area contributed by atoms with E-state index >= 15 is 0 Å². The van der Waals surface area contributed by atoms with Gasteiger partial charge in [0.15, 0.2) is 0 Å². The number of aromatic nitrogens is 2. The third kappa shape index (κ3) is 2.27. The van der Waals surface area contributed by atoms with Crippen molar-refractivity contribution in [2.75, 3.05) is 0 Å². The van der Waals surface area contributed by atoms with Crippen molar-refractivity contribution in [1.82, 2.24) is 9.55 Å². The molecule has 0 aliphatic rings. The van der Waals surface area contributed by atoms with E-state index in [4.69, 9.17) is 0 Å². The maximum atomic E-state index is 9.47. The normalized spacial score (nSPS) is 10.6. The number of pyridine rings is 1. The van der Waals surface area contributed by atoms with Crippen molar-refractivity contribution in [3.05, 3.63) is 84.7 Å². The zero-order valence-electron chi connectivity index (χ0n) is 12.3. The zero-order chi connectivity index (χ0) is 15.6. The average molecular weight is 295 g/mol. The van der Waals surface area contributed by atoms with Crippen LogP contribution in [0.3, 0.4) is 0 Å². The van der Waals surface area contributed by atoms with Crippen molar-refractivity contribution in [1.29, 1.82) is 5.26 Å². The molecule has 0 atom stereocenters. The molecule has 0 radical (unpaired) electrons. The molecular formula is C20H13N3. The summed E-state index contributed by atoms with van der Waals surface area (Å²) in [5, 5.41) is 10.5. The van der Waals surface area contributed by atoms with Crippen LogP contribution < -0.4 is 0 Å². The Morgan fingerprint density at radius 1 is 0.826 bits per heavy atom. The van der Waals surface area contributed by atoms with Gasteiger partial charge in [-0.3, -0.25) is 4.57 Å². The van der Waals surface area contributed by atoms with E-state index in [2.05, 4.69) is 35.3 Å². The molecule has 0 spiro atoms. The van der Waals surface area contributed by atoms with Gasteiger partial charge in [-0.2, -0.15) is 5.26 Å². The van der Waals surface area contributed by atoms with Gasteiger partial charge in [-0.25, -0.2) is 4.98 Å². The van der Waals surface area contributed by atoms with E-state index in [1.807, 2.05) is 53.1 Å². The van der Waals surface area contributed by atoms with Crippen molar-refractivity contribution in [2.45, 2.75) is 0 Å². The number of benzene rings is 2. The van der Waals surface area contributed by atoms with Crippen LogP contribution in [0.1, 0.15) is 5.69 Å². The van der Waals surface area contributed by atoms with Gasteiger partial charge < -0.3 is 0 Å². The first kappa shape index (κ1) is 13.3. The molecule has 0 saturated heterocycles. The predicted octanol–water partition coefficient (Wildman–Crippen LogP) is 4.56. The molecule has 0 unspecified atom stereocenters. The number of fused-ring (bicyclic) bond motifs is 1. The molecule has 2 aromatic heterocycles. The first-order valence-electron chi connectivity index (χ1n) is 7.39. The first-order valence-corrected chi connectivity index (χ1v) is 7.39. The molecule has 4 rings (SSSR count). The van der Waals surface area contributed by atoms with Crippen molar-refractivity contribution in [3.63, 3.8) is 0 Å². The SMILES string of the molecule is N#Cc1cc2cc(-c3ccccc3)ccc2n1-c1ccccn1. The Bertz CT molecular complexity index is 1010. The molecule has 108 valence electrons. The summed E-state index contributed by atoms with van der Waals surface area (Å²) in [6.45, 7) is 0. The lowest BCUT2D eigenvalue weighted by Crippen LogP contribution is -1.98. The minimum Gasteiger partial charge on any atom is -0.285 e. The van der Waals surface area contributed by atoms with Gasteiger partial charge in [-0.1, -0.05) is 42.5 Å². The number of hydrogen-bond donors (Lipinski definition) is 0. The van der Waals surface area contributed by atoms with Gasteiger partial charge in [-0.05, 0) is 41.5 Å². The van der Waals surface area contributed by atoms with Crippen molar-refractivity contribution < 1.29 is 0 Å². The molecule has 0 fully saturated rings. The molecule has 0 saturated carbocycles. The Kier molecular flexibility index (Phi) is 3.14. The molecular weight excluding hydrogens is 282 g/mol. The summed E-state index contributed by atoms with van der Waals surface area (Å²) in [5.74, 6) is 0.756. The van der Waals surface area contributed by atoms with Gasteiger partial charge in [0.1, 0.15) is 17.6 Å². The minimum absolute atomic E-state index is 0.587. The lowest BCUT2D eigenvalue weighted by atomic mass is 10.0. The fourth-order valence-corrected chi connectivity index (χ4v) is 2.84. The van der Waals surface area contributed by atoms with Crippen molar-refractivity contribution in [2.24, 2.45) is 0 Å². The molecule has 2 heterocycles. The second-order valence-corrected chi connectivity index (χ2v) is 5.30. The molecule has 0 amide bonds. The Morgan fingerprint density at radius 3 is 2.39 bits per heavy atom. The Morgan fingerprint density at radius 2 is 1.65 bits per heavy atom. The van der Waals surface area contributed by atoms with Gasteiger partial charge in [0.05, 0.1) is 5.52 Å². The monoisotopic (exact) mass is 295 g/mol. The van der Waals surface area contributed by atoms with Crippen molar-refractivity contribution in [3.8, 4) is 23.0 Å². The summed E-state index contributed by atoms with van der Waals surface area (Å²) in [5.41, 5.74) is 3.88. The molecule has 0 N–H and O–H groups in total. The Hall–Kier alpha value is -3.38. The van der Waals surface area contributed by atoms with Crippen LogP contribution in [-0.4, -0.2) is 9.55 Å². The van der Waals surface area contributed by atoms with E-state index in [0.29, 0.717) is 5.69 Å². The molecule has 23 heavy (non-hydrogen) atoms. The average Bonchev–Trinajstić information content (AvgIpc) is 3.01. The van der Waals surface area contributed by atoms with Crippen LogP contribution in [0.15, 0.2) is 79.0 Å². The van der Waals surface area contributed by atoms with Crippen molar-refractivity contribution >= 4 is 10.9 Å². The van der Waals surface area contributed by atoms with Crippen LogP contribution >= 0.6 is 0 Å². The summed E-state index contributed by atoms with van der Waals surface area (Å²) < 4.78 is 1.89. The zero-order valence-corrected chi connectivity index (χ0v) is 12.3. The van der Waals surface area contributed by atoms with E-state index in [9.17, 15) is 5.26 Å². The number of nitriles is 1. The molecule has 0 aliphatic carbocycles. The number of rotatable bonds is 2. The van der Waals surface area contributed by atoms with Crippen LogP contribution in [0.5, 0.6) is 0 Å². The van der Waals surface area contributed by atoms with Gasteiger partial charge >= 0.3 is 0 Å². The summed E-state index contributed by atoms with van der Waals surface area (Å²) in [6, 6.07) is 26.4. The fourth-order valence-electron chi connectivity index (χ4n) is 2.84. The smallest absolute Gasteiger partial charge is 0.138 e. The topological polar surface area (TPSA) is 41.6 Å². The molecule has 0 aliphatic heterocycles. The third-order valence-electron chi connectivity index (χ3n) is 3.90. The highest BCUT2D eigenvalue weighted by molar-refractivity contribution is 5.88. The Balaban J connectivity index is 1.94. The summed E-state index contributed by atoms with van der Waals surface area (Å²) in [7, 11) is 0. The Labute approximate surface area is 134 Å². The van der Waals surface area contributed by atoms with Gasteiger partial charge in [0, 0.05) is 11.6 Å². The highest BCUT2D eigenvalue weighted by Gasteiger charge is 2.11. The van der Waals surface area contributed by atoms with E-state index in [0.717, 1.165) is 22.3 Å². The molecule has 4 aromatic rings. The van der Waals surface area contributed by atoms with Crippen LogP contribution in [-0.2, 0) is 0 Å². The van der Waals surface area contributed by atoms with Crippen LogP contribution in [0, 0.1) is 11.3 Å². The number of hydrogen-bond acceptors (Lipinski definition) is 2. The number of nitrogens with zero attached hydrogens (tertiary/aromatic N) is 3. The first-order chi connectivity index (χ1) is 11.4. The molecule has 3 nitrogen and oxygen atoms in total. The quantitative estimate of drug-likeness (QED) is 0.544. The van der Waals surface area contributed by atoms with E-state index in [1.54, 1.807) is 6.20 Å². The highest BCUT2D eigenvalue weighted by Crippen LogP contribution is 2.28. The fraction of sp³-hybridized carbons (Fsp3) is 0. The third-order valence-corrected chi connectivity index (χ3v) is 3.90.